The standard InChI is InChI=1S/C22H24N4O2S/c23-20-4-2-1-3-17(20)19-11-15(5-6-18(19)22(24)27)12-21-25-16(14-29-21)13-26-7-9-28-10-8-26/h1-6,11,14H,7-10,12-13,23H2,(H2,24,27). The molecule has 0 saturated carbocycles. The fourth-order valence-electron chi connectivity index (χ4n) is 3.55. The third-order valence-corrected chi connectivity index (χ3v) is 5.94. The summed E-state index contributed by atoms with van der Waals surface area (Å²) in [5.41, 5.74) is 16.6. The molecule has 0 bridgehead atoms. The van der Waals surface area contributed by atoms with E-state index in [-0.39, 0.29) is 0 Å². The van der Waals surface area contributed by atoms with E-state index in [2.05, 4.69) is 10.3 Å². The first-order valence-corrected chi connectivity index (χ1v) is 10.5. The number of primary amides is 1. The number of rotatable bonds is 6. The lowest BCUT2D eigenvalue weighted by molar-refractivity contribution is 0.0337. The number of carbonyl (C=O) groups is 1. The SMILES string of the molecule is NC(=O)c1ccc(Cc2nc(CN3CCOCC3)cs2)cc1-c1ccccc1N. The normalized spacial score (nSPS) is 14.8. The molecule has 3 aromatic rings. The van der Waals surface area contributed by atoms with Gasteiger partial charge in [-0.1, -0.05) is 24.3 Å². The first kappa shape index (κ1) is 19.6. The van der Waals surface area contributed by atoms with Crippen LogP contribution in [-0.4, -0.2) is 42.1 Å². The number of amides is 1. The van der Waals surface area contributed by atoms with E-state index in [9.17, 15) is 4.79 Å². The van der Waals surface area contributed by atoms with Crippen molar-refractivity contribution >= 4 is 22.9 Å². The van der Waals surface area contributed by atoms with Crippen LogP contribution in [-0.2, 0) is 17.7 Å². The molecule has 0 spiro atoms. The molecule has 1 saturated heterocycles. The molecule has 1 aliphatic heterocycles. The maximum atomic E-state index is 11.9. The molecular weight excluding hydrogens is 384 g/mol. The molecule has 0 unspecified atom stereocenters. The minimum Gasteiger partial charge on any atom is -0.398 e. The highest BCUT2D eigenvalue weighted by Crippen LogP contribution is 2.30. The molecule has 4 N–H and O–H groups in total. The zero-order chi connectivity index (χ0) is 20.2. The van der Waals surface area contributed by atoms with Crippen molar-refractivity contribution < 1.29 is 9.53 Å². The van der Waals surface area contributed by atoms with Gasteiger partial charge in [0, 0.05) is 48.2 Å². The maximum Gasteiger partial charge on any atom is 0.249 e. The second-order valence-electron chi connectivity index (χ2n) is 7.13. The van der Waals surface area contributed by atoms with Crippen LogP contribution in [0.25, 0.3) is 11.1 Å². The van der Waals surface area contributed by atoms with Crippen molar-refractivity contribution in [3.8, 4) is 11.1 Å². The number of nitrogen functional groups attached to an aromatic ring is 1. The van der Waals surface area contributed by atoms with Crippen LogP contribution in [0.2, 0.25) is 0 Å². The first-order valence-electron chi connectivity index (χ1n) is 9.61. The number of hydrogen-bond donors (Lipinski definition) is 2. The summed E-state index contributed by atoms with van der Waals surface area (Å²) in [7, 11) is 0. The summed E-state index contributed by atoms with van der Waals surface area (Å²) in [6.07, 6.45) is 0.701. The number of para-hydroxylation sites is 1. The number of nitrogens with two attached hydrogens (primary N) is 2. The summed E-state index contributed by atoms with van der Waals surface area (Å²) in [6, 6.07) is 13.2. The van der Waals surface area contributed by atoms with Crippen LogP contribution in [0.5, 0.6) is 0 Å². The molecular formula is C22H24N4O2S. The Morgan fingerprint density at radius 3 is 2.69 bits per heavy atom. The zero-order valence-electron chi connectivity index (χ0n) is 16.1. The molecule has 1 aromatic heterocycles. The highest BCUT2D eigenvalue weighted by Gasteiger charge is 2.15. The van der Waals surface area contributed by atoms with Crippen LogP contribution in [0, 0.1) is 0 Å². The van der Waals surface area contributed by atoms with Gasteiger partial charge in [0.15, 0.2) is 0 Å². The Hall–Kier alpha value is -2.74. The van der Waals surface area contributed by atoms with Crippen molar-refractivity contribution in [3.05, 3.63) is 69.7 Å². The van der Waals surface area contributed by atoms with E-state index in [0.29, 0.717) is 17.7 Å². The highest BCUT2D eigenvalue weighted by molar-refractivity contribution is 7.09. The van der Waals surface area contributed by atoms with Gasteiger partial charge in [-0.05, 0) is 29.3 Å². The lowest BCUT2D eigenvalue weighted by Crippen LogP contribution is -2.35. The minimum atomic E-state index is -0.461. The Morgan fingerprint density at radius 2 is 1.93 bits per heavy atom. The van der Waals surface area contributed by atoms with Crippen molar-refractivity contribution in [2.45, 2.75) is 13.0 Å². The van der Waals surface area contributed by atoms with Crippen molar-refractivity contribution in [2.24, 2.45) is 5.73 Å². The molecule has 1 fully saturated rings. The van der Waals surface area contributed by atoms with Crippen molar-refractivity contribution in [3.63, 3.8) is 0 Å². The van der Waals surface area contributed by atoms with Gasteiger partial charge >= 0.3 is 0 Å². The second-order valence-corrected chi connectivity index (χ2v) is 8.07. The summed E-state index contributed by atoms with van der Waals surface area (Å²) in [6.45, 7) is 4.32. The third kappa shape index (κ3) is 4.64. The first-order chi connectivity index (χ1) is 14.1. The number of aromatic nitrogens is 1. The van der Waals surface area contributed by atoms with E-state index in [0.717, 1.165) is 60.2 Å². The third-order valence-electron chi connectivity index (χ3n) is 5.04. The van der Waals surface area contributed by atoms with E-state index < -0.39 is 5.91 Å². The molecule has 6 nitrogen and oxygen atoms in total. The van der Waals surface area contributed by atoms with Crippen molar-refractivity contribution in [1.82, 2.24) is 9.88 Å². The average molecular weight is 409 g/mol. The van der Waals surface area contributed by atoms with Gasteiger partial charge < -0.3 is 16.2 Å². The molecule has 150 valence electrons. The second kappa shape index (κ2) is 8.73. The van der Waals surface area contributed by atoms with Gasteiger partial charge in [0.05, 0.1) is 23.9 Å². The average Bonchev–Trinajstić information content (AvgIpc) is 3.15. The number of morpholine rings is 1. The van der Waals surface area contributed by atoms with Gasteiger partial charge in [0.25, 0.3) is 0 Å². The number of benzene rings is 2. The summed E-state index contributed by atoms with van der Waals surface area (Å²) in [5, 5.41) is 3.17. The highest BCUT2D eigenvalue weighted by atomic mass is 32.1. The zero-order valence-corrected chi connectivity index (χ0v) is 17.0. The fraction of sp³-hybridized carbons (Fsp3) is 0.273. The van der Waals surface area contributed by atoms with Gasteiger partial charge in [-0.3, -0.25) is 9.69 Å². The van der Waals surface area contributed by atoms with Crippen LogP contribution < -0.4 is 11.5 Å². The molecule has 1 aliphatic rings. The summed E-state index contributed by atoms with van der Waals surface area (Å²) >= 11 is 1.66. The van der Waals surface area contributed by atoms with Gasteiger partial charge in [0.2, 0.25) is 5.91 Å². The smallest absolute Gasteiger partial charge is 0.249 e. The van der Waals surface area contributed by atoms with E-state index in [1.165, 1.54) is 0 Å². The van der Waals surface area contributed by atoms with Crippen LogP contribution in [0.3, 0.4) is 0 Å². The van der Waals surface area contributed by atoms with Crippen LogP contribution in [0.1, 0.15) is 26.6 Å². The Morgan fingerprint density at radius 1 is 1.14 bits per heavy atom. The van der Waals surface area contributed by atoms with E-state index in [1.54, 1.807) is 17.4 Å². The van der Waals surface area contributed by atoms with E-state index in [1.807, 2.05) is 36.4 Å². The minimum absolute atomic E-state index is 0.461. The molecule has 29 heavy (non-hydrogen) atoms. The van der Waals surface area contributed by atoms with Crippen molar-refractivity contribution in [1.29, 1.82) is 0 Å². The Balaban J connectivity index is 1.56. The lowest BCUT2D eigenvalue weighted by Gasteiger charge is -2.25. The number of anilines is 1. The molecule has 0 aliphatic carbocycles. The monoisotopic (exact) mass is 408 g/mol. The van der Waals surface area contributed by atoms with Crippen molar-refractivity contribution in [2.75, 3.05) is 32.0 Å². The molecule has 4 rings (SSSR count). The molecule has 2 heterocycles. The molecule has 0 radical (unpaired) electrons. The number of thiazole rings is 1. The van der Waals surface area contributed by atoms with Crippen LogP contribution in [0.15, 0.2) is 47.8 Å². The largest absolute Gasteiger partial charge is 0.398 e. The fourth-order valence-corrected chi connectivity index (χ4v) is 4.37. The summed E-state index contributed by atoms with van der Waals surface area (Å²) < 4.78 is 5.40. The Labute approximate surface area is 174 Å². The van der Waals surface area contributed by atoms with Gasteiger partial charge in [-0.2, -0.15) is 0 Å². The Bertz CT molecular complexity index is 1010. The number of ether oxygens (including phenoxy) is 1. The Kier molecular flexibility index (Phi) is 5.89. The number of nitrogens with zero attached hydrogens (tertiary/aromatic N) is 2. The predicted molar refractivity (Wildman–Crippen MR) is 116 cm³/mol. The van der Waals surface area contributed by atoms with Crippen LogP contribution in [0.4, 0.5) is 5.69 Å². The molecule has 7 heteroatoms. The molecule has 0 atom stereocenters. The molecule has 1 amide bonds. The van der Waals surface area contributed by atoms with E-state index in [4.69, 9.17) is 21.2 Å². The quantitative estimate of drug-likeness (QED) is 0.612. The van der Waals surface area contributed by atoms with Gasteiger partial charge in [0.1, 0.15) is 0 Å². The number of carbonyl (C=O) groups excluding carboxylic acids is 1. The summed E-state index contributed by atoms with van der Waals surface area (Å²) in [5.74, 6) is -0.461. The molecule has 2 aromatic carbocycles. The maximum absolute atomic E-state index is 11.9. The van der Waals surface area contributed by atoms with Gasteiger partial charge in [-0.15, -0.1) is 11.3 Å². The topological polar surface area (TPSA) is 94.5 Å². The van der Waals surface area contributed by atoms with E-state index >= 15 is 0 Å². The number of hydrogen-bond acceptors (Lipinski definition) is 6. The van der Waals surface area contributed by atoms with Gasteiger partial charge in [-0.25, -0.2) is 4.98 Å². The van der Waals surface area contributed by atoms with Crippen LogP contribution >= 0.6 is 11.3 Å². The predicted octanol–water partition coefficient (Wildman–Crippen LogP) is 2.91. The lowest BCUT2D eigenvalue weighted by atomic mass is 9.95. The summed E-state index contributed by atoms with van der Waals surface area (Å²) in [4.78, 5) is 19.1.